The lowest BCUT2D eigenvalue weighted by Gasteiger charge is -2.39. The zero-order valence-corrected chi connectivity index (χ0v) is 12.1. The van der Waals surface area contributed by atoms with Crippen molar-refractivity contribution in [1.82, 2.24) is 5.32 Å². The summed E-state index contributed by atoms with van der Waals surface area (Å²) in [5.74, 6) is 0.631. The van der Waals surface area contributed by atoms with Crippen LogP contribution in [0.25, 0.3) is 0 Å². The summed E-state index contributed by atoms with van der Waals surface area (Å²) in [5, 5.41) is 3.60. The van der Waals surface area contributed by atoms with Crippen molar-refractivity contribution in [1.29, 1.82) is 0 Å². The van der Waals surface area contributed by atoms with Gasteiger partial charge in [-0.2, -0.15) is 0 Å². The minimum Gasteiger partial charge on any atom is -0.385 e. The first kappa shape index (κ1) is 14.9. The van der Waals surface area contributed by atoms with Gasteiger partial charge >= 0.3 is 0 Å². The van der Waals surface area contributed by atoms with E-state index in [0.29, 0.717) is 18.1 Å². The maximum absolute atomic E-state index is 5.82. The molecule has 0 aliphatic carbocycles. The van der Waals surface area contributed by atoms with Gasteiger partial charge in [0.05, 0.1) is 6.10 Å². The van der Waals surface area contributed by atoms with E-state index in [1.54, 1.807) is 7.11 Å². The van der Waals surface area contributed by atoms with Crippen molar-refractivity contribution < 1.29 is 9.47 Å². The van der Waals surface area contributed by atoms with Crippen molar-refractivity contribution in [3.8, 4) is 0 Å². The Labute approximate surface area is 106 Å². The molecule has 3 nitrogen and oxygen atoms in total. The van der Waals surface area contributed by atoms with Gasteiger partial charge < -0.3 is 14.8 Å². The molecular weight excluding hydrogens is 214 g/mol. The Bertz CT molecular complexity index is 220. The zero-order chi connectivity index (χ0) is 12.9. The van der Waals surface area contributed by atoms with Crippen LogP contribution in [0.15, 0.2) is 0 Å². The van der Waals surface area contributed by atoms with Crippen molar-refractivity contribution in [3.63, 3.8) is 0 Å². The number of rotatable bonds is 7. The van der Waals surface area contributed by atoms with E-state index in [1.165, 1.54) is 6.42 Å². The van der Waals surface area contributed by atoms with Gasteiger partial charge in [-0.05, 0) is 25.7 Å². The summed E-state index contributed by atoms with van der Waals surface area (Å²) in [4.78, 5) is 0. The molecule has 1 heterocycles. The van der Waals surface area contributed by atoms with Gasteiger partial charge in [0.2, 0.25) is 0 Å². The Hall–Kier alpha value is -0.120. The molecule has 0 radical (unpaired) electrons. The lowest BCUT2D eigenvalue weighted by atomic mass is 9.70. The highest BCUT2D eigenvalue weighted by Crippen LogP contribution is 2.42. The molecule has 3 unspecified atom stereocenters. The van der Waals surface area contributed by atoms with Crippen molar-refractivity contribution in [2.75, 3.05) is 26.9 Å². The van der Waals surface area contributed by atoms with E-state index in [4.69, 9.17) is 9.47 Å². The zero-order valence-electron chi connectivity index (χ0n) is 12.1. The Morgan fingerprint density at radius 2 is 2.12 bits per heavy atom. The quantitative estimate of drug-likeness (QED) is 0.745. The van der Waals surface area contributed by atoms with Gasteiger partial charge in [-0.25, -0.2) is 0 Å². The van der Waals surface area contributed by atoms with Crippen LogP contribution in [-0.2, 0) is 9.47 Å². The number of nitrogens with one attached hydrogen (secondary N) is 1. The summed E-state index contributed by atoms with van der Waals surface area (Å²) >= 11 is 0. The van der Waals surface area contributed by atoms with Gasteiger partial charge in [-0.15, -0.1) is 0 Å². The van der Waals surface area contributed by atoms with E-state index in [9.17, 15) is 0 Å². The van der Waals surface area contributed by atoms with Crippen LogP contribution in [0.3, 0.4) is 0 Å². The van der Waals surface area contributed by atoms with Gasteiger partial charge in [-0.3, -0.25) is 0 Å². The predicted molar refractivity (Wildman–Crippen MR) is 71.3 cm³/mol. The third kappa shape index (κ3) is 3.67. The average Bonchev–Trinajstić information content (AvgIpc) is 2.66. The Kier molecular flexibility index (Phi) is 5.90. The smallest absolute Gasteiger partial charge is 0.0618 e. The van der Waals surface area contributed by atoms with Crippen LogP contribution in [0.1, 0.15) is 40.5 Å². The first-order chi connectivity index (χ1) is 8.03. The predicted octanol–water partition coefficient (Wildman–Crippen LogP) is 2.45. The lowest BCUT2D eigenvalue weighted by molar-refractivity contribution is 0.0212. The summed E-state index contributed by atoms with van der Waals surface area (Å²) in [6.07, 6.45) is 2.63. The van der Waals surface area contributed by atoms with Crippen molar-refractivity contribution in [3.05, 3.63) is 0 Å². The average molecular weight is 243 g/mol. The van der Waals surface area contributed by atoms with E-state index < -0.39 is 0 Å². The summed E-state index contributed by atoms with van der Waals surface area (Å²) in [6.45, 7) is 11.8. The number of hydrogen-bond donors (Lipinski definition) is 1. The molecule has 1 fully saturated rings. The van der Waals surface area contributed by atoms with E-state index in [1.807, 2.05) is 0 Å². The van der Waals surface area contributed by atoms with Crippen LogP contribution in [0.2, 0.25) is 0 Å². The van der Waals surface area contributed by atoms with Crippen LogP contribution in [0.4, 0.5) is 0 Å². The number of hydrogen-bond acceptors (Lipinski definition) is 3. The molecule has 0 amide bonds. The first-order valence-electron chi connectivity index (χ1n) is 6.87. The van der Waals surface area contributed by atoms with Crippen LogP contribution in [-0.4, -0.2) is 39.0 Å². The van der Waals surface area contributed by atoms with Gasteiger partial charge in [0.25, 0.3) is 0 Å². The molecule has 3 heteroatoms. The molecule has 0 aromatic heterocycles. The Balaban J connectivity index is 2.64. The number of ether oxygens (including phenoxy) is 2. The van der Waals surface area contributed by atoms with Gasteiger partial charge in [-0.1, -0.05) is 20.8 Å². The van der Waals surface area contributed by atoms with Crippen molar-refractivity contribution in [2.45, 2.75) is 52.7 Å². The molecule has 1 aliphatic rings. The fraction of sp³-hybridized carbons (Fsp3) is 1.00. The molecular formula is C14H29NO2. The number of methoxy groups -OCH3 is 1. The summed E-state index contributed by atoms with van der Waals surface area (Å²) in [5.41, 5.74) is 0.281. The summed E-state index contributed by atoms with van der Waals surface area (Å²) in [7, 11) is 1.78. The monoisotopic (exact) mass is 243 g/mol. The molecule has 0 bridgehead atoms. The molecule has 1 N–H and O–H groups in total. The highest BCUT2D eigenvalue weighted by molar-refractivity contribution is 4.95. The van der Waals surface area contributed by atoms with Crippen molar-refractivity contribution in [2.24, 2.45) is 11.3 Å². The molecule has 3 atom stereocenters. The fourth-order valence-electron chi connectivity index (χ4n) is 2.82. The molecule has 0 aromatic carbocycles. The van der Waals surface area contributed by atoms with Crippen LogP contribution < -0.4 is 5.32 Å². The minimum absolute atomic E-state index is 0.281. The van der Waals surface area contributed by atoms with Crippen LogP contribution in [0, 0.1) is 11.3 Å². The second kappa shape index (κ2) is 6.72. The summed E-state index contributed by atoms with van der Waals surface area (Å²) in [6, 6.07) is 0.536. The fourth-order valence-corrected chi connectivity index (χ4v) is 2.82. The van der Waals surface area contributed by atoms with E-state index in [0.717, 1.165) is 26.2 Å². The molecule has 17 heavy (non-hydrogen) atoms. The van der Waals surface area contributed by atoms with Crippen LogP contribution >= 0.6 is 0 Å². The molecule has 1 aliphatic heterocycles. The maximum Gasteiger partial charge on any atom is 0.0618 e. The SMILES string of the molecule is COCCC(C)C1(CNC(C)C)CCOC1C. The maximum atomic E-state index is 5.82. The highest BCUT2D eigenvalue weighted by Gasteiger charge is 2.45. The van der Waals surface area contributed by atoms with E-state index in [-0.39, 0.29) is 5.41 Å². The molecule has 0 saturated carbocycles. The first-order valence-corrected chi connectivity index (χ1v) is 6.87. The second-order valence-corrected chi connectivity index (χ2v) is 5.71. The van der Waals surface area contributed by atoms with Gasteiger partial charge in [0.1, 0.15) is 0 Å². The highest BCUT2D eigenvalue weighted by atomic mass is 16.5. The molecule has 1 saturated heterocycles. The largest absolute Gasteiger partial charge is 0.385 e. The molecule has 0 spiro atoms. The summed E-state index contributed by atoms with van der Waals surface area (Å²) < 4.78 is 11.0. The Morgan fingerprint density at radius 3 is 2.59 bits per heavy atom. The Morgan fingerprint density at radius 1 is 1.41 bits per heavy atom. The third-order valence-corrected chi connectivity index (χ3v) is 4.32. The molecule has 102 valence electrons. The third-order valence-electron chi connectivity index (χ3n) is 4.32. The second-order valence-electron chi connectivity index (χ2n) is 5.71. The lowest BCUT2D eigenvalue weighted by Crippen LogP contribution is -2.46. The van der Waals surface area contributed by atoms with Crippen molar-refractivity contribution >= 4 is 0 Å². The van der Waals surface area contributed by atoms with Gasteiger partial charge in [0, 0.05) is 38.3 Å². The van der Waals surface area contributed by atoms with Crippen LogP contribution in [0.5, 0.6) is 0 Å². The normalized spacial score (nSPS) is 31.1. The molecule has 0 aromatic rings. The van der Waals surface area contributed by atoms with Gasteiger partial charge in [0.15, 0.2) is 0 Å². The minimum atomic E-state index is 0.281. The standard InChI is InChI=1S/C14H29NO2/c1-11(2)15-10-14(7-9-17-13(14)4)12(3)6-8-16-5/h11-13,15H,6-10H2,1-5H3. The topological polar surface area (TPSA) is 30.5 Å². The molecule has 1 rings (SSSR count). The van der Waals surface area contributed by atoms with E-state index in [2.05, 4.69) is 33.0 Å². The van der Waals surface area contributed by atoms with E-state index >= 15 is 0 Å².